The number of carbonyl (C=O) groups is 1. The van der Waals surface area contributed by atoms with Crippen LogP contribution in [0.15, 0.2) is 79.1 Å². The van der Waals surface area contributed by atoms with E-state index in [1.165, 1.54) is 13.2 Å². The fourth-order valence-corrected chi connectivity index (χ4v) is 3.44. The van der Waals surface area contributed by atoms with Crippen LogP contribution in [0.5, 0.6) is 11.5 Å². The van der Waals surface area contributed by atoms with Gasteiger partial charge in [-0.1, -0.05) is 36.4 Å². The van der Waals surface area contributed by atoms with Gasteiger partial charge in [-0.3, -0.25) is 4.79 Å². The first-order chi connectivity index (χ1) is 16.0. The van der Waals surface area contributed by atoms with Crippen molar-refractivity contribution in [1.82, 2.24) is 14.9 Å². The van der Waals surface area contributed by atoms with Crippen molar-refractivity contribution in [2.75, 3.05) is 7.11 Å². The van der Waals surface area contributed by atoms with Crippen LogP contribution in [0.25, 0.3) is 5.69 Å². The normalized spacial score (nSPS) is 10.6. The van der Waals surface area contributed by atoms with Crippen molar-refractivity contribution in [2.45, 2.75) is 20.1 Å². The summed E-state index contributed by atoms with van der Waals surface area (Å²) in [6.45, 7) is 2.39. The van der Waals surface area contributed by atoms with Gasteiger partial charge in [0, 0.05) is 24.5 Å². The third kappa shape index (κ3) is 5.20. The van der Waals surface area contributed by atoms with Gasteiger partial charge >= 0.3 is 0 Å². The molecule has 0 spiro atoms. The minimum Gasteiger partial charge on any atom is -0.493 e. The maximum atomic E-state index is 14.6. The molecule has 0 aliphatic rings. The number of benzene rings is 3. The number of nitrogens with one attached hydrogen (secondary N) is 1. The quantitative estimate of drug-likeness (QED) is 0.422. The van der Waals surface area contributed by atoms with Gasteiger partial charge in [0.2, 0.25) is 0 Å². The molecular formula is C26H24FN3O3. The summed E-state index contributed by atoms with van der Waals surface area (Å²) in [5.41, 5.74) is 2.51. The van der Waals surface area contributed by atoms with Gasteiger partial charge < -0.3 is 19.4 Å². The summed E-state index contributed by atoms with van der Waals surface area (Å²) in [6.07, 6.45) is 3.32. The molecule has 168 valence electrons. The standard InChI is InChI=1S/C26H24FN3O3/c1-18-28-12-13-30(18)23-10-8-20(14-22(23)27)16-29-26(31)21-9-11-24(25(15-21)32-2)33-17-19-6-4-3-5-7-19/h3-15H,16-17H2,1-2H3,(H,29,31). The zero-order valence-corrected chi connectivity index (χ0v) is 18.4. The summed E-state index contributed by atoms with van der Waals surface area (Å²) < 4.78 is 27.5. The van der Waals surface area contributed by atoms with Crippen molar-refractivity contribution in [3.8, 4) is 17.2 Å². The summed E-state index contributed by atoms with van der Waals surface area (Å²) >= 11 is 0. The largest absolute Gasteiger partial charge is 0.493 e. The van der Waals surface area contributed by atoms with Gasteiger partial charge in [0.25, 0.3) is 5.91 Å². The minimum absolute atomic E-state index is 0.188. The Hall–Kier alpha value is -4.13. The lowest BCUT2D eigenvalue weighted by atomic mass is 10.1. The number of carbonyl (C=O) groups excluding carboxylic acids is 1. The van der Waals surface area contributed by atoms with Gasteiger partial charge in [-0.05, 0) is 48.4 Å². The molecule has 7 heteroatoms. The fourth-order valence-electron chi connectivity index (χ4n) is 3.44. The molecular weight excluding hydrogens is 421 g/mol. The lowest BCUT2D eigenvalue weighted by Gasteiger charge is -2.13. The molecule has 0 atom stereocenters. The summed E-state index contributed by atoms with van der Waals surface area (Å²) in [5, 5.41) is 2.82. The van der Waals surface area contributed by atoms with Crippen LogP contribution in [0, 0.1) is 12.7 Å². The number of methoxy groups -OCH3 is 1. The van der Waals surface area contributed by atoms with Crippen molar-refractivity contribution in [1.29, 1.82) is 0 Å². The lowest BCUT2D eigenvalue weighted by Crippen LogP contribution is -2.23. The number of rotatable bonds is 8. The van der Waals surface area contributed by atoms with Crippen LogP contribution in [0.2, 0.25) is 0 Å². The van der Waals surface area contributed by atoms with Gasteiger partial charge in [0.05, 0.1) is 12.8 Å². The Kier molecular flexibility index (Phi) is 6.69. The van der Waals surface area contributed by atoms with Crippen molar-refractivity contribution in [3.63, 3.8) is 0 Å². The Morgan fingerprint density at radius 3 is 2.55 bits per heavy atom. The van der Waals surface area contributed by atoms with Crippen molar-refractivity contribution >= 4 is 5.91 Å². The summed E-state index contributed by atoms with van der Waals surface area (Å²) in [7, 11) is 1.53. The number of halogens is 1. The number of amides is 1. The van der Waals surface area contributed by atoms with E-state index >= 15 is 0 Å². The Morgan fingerprint density at radius 1 is 1.03 bits per heavy atom. The molecule has 6 nitrogen and oxygen atoms in total. The number of aryl methyl sites for hydroxylation is 1. The van der Waals surface area contributed by atoms with E-state index in [1.54, 1.807) is 54.2 Å². The van der Waals surface area contributed by atoms with Crippen LogP contribution in [-0.2, 0) is 13.2 Å². The molecule has 0 radical (unpaired) electrons. The highest BCUT2D eigenvalue weighted by molar-refractivity contribution is 5.94. The van der Waals surface area contributed by atoms with E-state index in [0.717, 1.165) is 5.56 Å². The molecule has 1 amide bonds. The number of aromatic nitrogens is 2. The molecule has 3 aromatic carbocycles. The van der Waals surface area contributed by atoms with E-state index < -0.39 is 0 Å². The molecule has 0 saturated carbocycles. The number of hydrogen-bond acceptors (Lipinski definition) is 4. The second-order valence-corrected chi connectivity index (χ2v) is 7.45. The summed E-state index contributed by atoms with van der Waals surface area (Å²) in [4.78, 5) is 16.8. The van der Waals surface area contributed by atoms with E-state index in [9.17, 15) is 9.18 Å². The minimum atomic E-state index is -0.385. The van der Waals surface area contributed by atoms with Crippen molar-refractivity contribution in [3.05, 3.63) is 107 Å². The molecule has 1 aromatic heterocycles. The Balaban J connectivity index is 1.40. The summed E-state index contributed by atoms with van der Waals surface area (Å²) in [6, 6.07) is 19.6. The Bertz CT molecular complexity index is 1250. The number of ether oxygens (including phenoxy) is 2. The van der Waals surface area contributed by atoms with Gasteiger partial charge in [0.1, 0.15) is 18.2 Å². The van der Waals surface area contributed by atoms with E-state index in [2.05, 4.69) is 10.3 Å². The van der Waals surface area contributed by atoms with Crippen molar-refractivity contribution < 1.29 is 18.7 Å². The SMILES string of the molecule is COc1cc(C(=O)NCc2ccc(-n3ccnc3C)c(F)c2)ccc1OCc1ccccc1. The molecule has 1 heterocycles. The second kappa shape index (κ2) is 9.99. The highest BCUT2D eigenvalue weighted by Gasteiger charge is 2.13. The molecule has 0 aliphatic heterocycles. The van der Waals surface area contributed by atoms with Crippen LogP contribution in [0.1, 0.15) is 27.3 Å². The molecule has 4 rings (SSSR count). The highest BCUT2D eigenvalue weighted by Crippen LogP contribution is 2.29. The molecule has 1 N–H and O–H groups in total. The first kappa shape index (κ1) is 22.1. The predicted molar refractivity (Wildman–Crippen MR) is 123 cm³/mol. The lowest BCUT2D eigenvalue weighted by molar-refractivity contribution is 0.0950. The molecule has 0 aliphatic carbocycles. The maximum absolute atomic E-state index is 14.6. The van der Waals surface area contributed by atoms with E-state index in [0.29, 0.717) is 40.7 Å². The van der Waals surface area contributed by atoms with Crippen LogP contribution >= 0.6 is 0 Å². The first-order valence-electron chi connectivity index (χ1n) is 10.5. The van der Waals surface area contributed by atoms with Crippen molar-refractivity contribution in [2.24, 2.45) is 0 Å². The maximum Gasteiger partial charge on any atom is 0.251 e. The topological polar surface area (TPSA) is 65.4 Å². The average Bonchev–Trinajstić information content (AvgIpc) is 3.27. The van der Waals surface area contributed by atoms with E-state index in [4.69, 9.17) is 9.47 Å². The third-order valence-electron chi connectivity index (χ3n) is 5.21. The van der Waals surface area contributed by atoms with Gasteiger partial charge in [-0.25, -0.2) is 9.37 Å². The number of imidazole rings is 1. The average molecular weight is 445 g/mol. The van der Waals surface area contributed by atoms with E-state index in [1.807, 2.05) is 30.3 Å². The Labute approximate surface area is 191 Å². The number of hydrogen-bond donors (Lipinski definition) is 1. The van der Waals surface area contributed by atoms with Gasteiger partial charge in [-0.15, -0.1) is 0 Å². The van der Waals surface area contributed by atoms with Crippen LogP contribution < -0.4 is 14.8 Å². The summed E-state index contributed by atoms with van der Waals surface area (Å²) in [5.74, 6) is 1.03. The Morgan fingerprint density at radius 2 is 1.85 bits per heavy atom. The monoisotopic (exact) mass is 445 g/mol. The third-order valence-corrected chi connectivity index (χ3v) is 5.21. The van der Waals surface area contributed by atoms with Crippen LogP contribution in [0.4, 0.5) is 4.39 Å². The smallest absolute Gasteiger partial charge is 0.251 e. The predicted octanol–water partition coefficient (Wildman–Crippen LogP) is 4.84. The molecule has 0 fully saturated rings. The highest BCUT2D eigenvalue weighted by atomic mass is 19.1. The van der Waals surface area contributed by atoms with E-state index in [-0.39, 0.29) is 18.3 Å². The molecule has 33 heavy (non-hydrogen) atoms. The second-order valence-electron chi connectivity index (χ2n) is 7.45. The molecule has 4 aromatic rings. The van der Waals surface area contributed by atoms with Crippen LogP contribution in [-0.4, -0.2) is 22.6 Å². The molecule has 0 saturated heterocycles. The molecule has 0 unspecified atom stereocenters. The zero-order chi connectivity index (χ0) is 23.2. The first-order valence-corrected chi connectivity index (χ1v) is 10.5. The van der Waals surface area contributed by atoms with Crippen LogP contribution in [0.3, 0.4) is 0 Å². The van der Waals surface area contributed by atoms with Gasteiger partial charge in [0.15, 0.2) is 11.5 Å². The number of nitrogens with zero attached hydrogens (tertiary/aromatic N) is 2. The zero-order valence-electron chi connectivity index (χ0n) is 18.4. The molecule has 0 bridgehead atoms. The van der Waals surface area contributed by atoms with Gasteiger partial charge in [-0.2, -0.15) is 0 Å². The fraction of sp³-hybridized carbons (Fsp3) is 0.154.